The quantitative estimate of drug-likeness (QED) is 0.647. The zero-order valence-electron chi connectivity index (χ0n) is 12.4. The maximum atomic E-state index is 12.0. The van der Waals surface area contributed by atoms with E-state index in [1.54, 1.807) is 6.07 Å². The van der Waals surface area contributed by atoms with Crippen LogP contribution in [0.3, 0.4) is 0 Å². The monoisotopic (exact) mass is 291 g/mol. The first-order valence-corrected chi connectivity index (χ1v) is 7.03. The van der Waals surface area contributed by atoms with E-state index in [1.807, 2.05) is 17.9 Å². The Morgan fingerprint density at radius 2 is 2.00 bits per heavy atom. The molecule has 6 nitrogen and oxygen atoms in total. The number of likely N-dealkylation sites (tertiary alicyclic amines) is 1. The second-order valence-electron chi connectivity index (χ2n) is 5.19. The Morgan fingerprint density at radius 1 is 1.33 bits per heavy atom. The zero-order valence-corrected chi connectivity index (χ0v) is 12.4. The number of nitrogens with one attached hydrogen (secondary N) is 1. The highest BCUT2D eigenvalue weighted by atomic mass is 16.5. The van der Waals surface area contributed by atoms with Gasteiger partial charge in [-0.3, -0.25) is 4.79 Å². The lowest BCUT2D eigenvalue weighted by atomic mass is 10.1. The average Bonchev–Trinajstić information content (AvgIpc) is 3.01. The van der Waals surface area contributed by atoms with Gasteiger partial charge in [0, 0.05) is 24.5 Å². The number of methoxy groups -OCH3 is 1. The number of nitrogen functional groups attached to an aromatic ring is 1. The number of hydrogen-bond acceptors (Lipinski definition) is 5. The van der Waals surface area contributed by atoms with Crippen molar-refractivity contribution in [1.29, 1.82) is 0 Å². The van der Waals surface area contributed by atoms with Crippen LogP contribution in [0.5, 0.6) is 0 Å². The van der Waals surface area contributed by atoms with Crippen LogP contribution in [0.1, 0.15) is 28.8 Å². The van der Waals surface area contributed by atoms with Crippen LogP contribution in [0.15, 0.2) is 12.1 Å². The van der Waals surface area contributed by atoms with Crippen LogP contribution in [0.25, 0.3) is 0 Å². The van der Waals surface area contributed by atoms with E-state index in [9.17, 15) is 9.59 Å². The van der Waals surface area contributed by atoms with E-state index in [2.05, 4.69) is 5.32 Å². The Balaban J connectivity index is 2.07. The van der Waals surface area contributed by atoms with E-state index in [0.717, 1.165) is 31.5 Å². The molecule has 114 valence electrons. The molecule has 1 aliphatic heterocycles. The van der Waals surface area contributed by atoms with Crippen molar-refractivity contribution in [2.24, 2.45) is 0 Å². The van der Waals surface area contributed by atoms with E-state index < -0.39 is 5.97 Å². The minimum absolute atomic E-state index is 0.0709. The highest BCUT2D eigenvalue weighted by molar-refractivity contribution is 5.97. The molecule has 2 rings (SSSR count). The average molecular weight is 291 g/mol. The normalized spacial score (nSPS) is 14.1. The van der Waals surface area contributed by atoms with Gasteiger partial charge in [-0.05, 0) is 37.5 Å². The molecule has 1 aliphatic rings. The topological polar surface area (TPSA) is 84.7 Å². The van der Waals surface area contributed by atoms with Crippen molar-refractivity contribution in [3.63, 3.8) is 0 Å². The van der Waals surface area contributed by atoms with Crippen LogP contribution in [0, 0.1) is 6.92 Å². The van der Waals surface area contributed by atoms with Gasteiger partial charge in [0.1, 0.15) is 0 Å². The molecular formula is C15H21N3O3. The summed E-state index contributed by atoms with van der Waals surface area (Å²) in [6.45, 7) is 3.68. The number of nitrogens with two attached hydrogens (primary N) is 1. The number of rotatable bonds is 4. The summed E-state index contributed by atoms with van der Waals surface area (Å²) in [7, 11) is 1.31. The van der Waals surface area contributed by atoms with Gasteiger partial charge in [0.15, 0.2) is 0 Å². The third kappa shape index (κ3) is 3.45. The minimum atomic E-state index is -0.481. The molecule has 1 fully saturated rings. The number of esters is 1. The van der Waals surface area contributed by atoms with Crippen molar-refractivity contribution in [3.05, 3.63) is 23.3 Å². The third-order valence-electron chi connectivity index (χ3n) is 3.69. The number of anilines is 2. The summed E-state index contributed by atoms with van der Waals surface area (Å²) in [6, 6.07) is 3.43. The number of ether oxygens (including phenoxy) is 1. The Labute approximate surface area is 124 Å². The minimum Gasteiger partial charge on any atom is -0.465 e. The molecule has 1 saturated heterocycles. The van der Waals surface area contributed by atoms with E-state index in [1.165, 1.54) is 7.11 Å². The summed E-state index contributed by atoms with van der Waals surface area (Å²) in [6.07, 6.45) is 2.14. The van der Waals surface area contributed by atoms with Crippen molar-refractivity contribution in [1.82, 2.24) is 4.90 Å². The largest absolute Gasteiger partial charge is 0.465 e. The predicted octanol–water partition coefficient (Wildman–Crippen LogP) is 1.40. The number of carbonyl (C=O) groups is 2. The number of aryl methyl sites for hydroxylation is 1. The summed E-state index contributed by atoms with van der Waals surface area (Å²) >= 11 is 0. The molecule has 0 unspecified atom stereocenters. The highest BCUT2D eigenvalue weighted by Gasteiger charge is 2.18. The van der Waals surface area contributed by atoms with Crippen molar-refractivity contribution >= 4 is 23.3 Å². The molecule has 1 amide bonds. The van der Waals surface area contributed by atoms with Crippen LogP contribution >= 0.6 is 0 Å². The van der Waals surface area contributed by atoms with Crippen molar-refractivity contribution < 1.29 is 14.3 Å². The molecule has 0 aliphatic carbocycles. The molecule has 6 heteroatoms. The first-order valence-electron chi connectivity index (χ1n) is 7.03. The third-order valence-corrected chi connectivity index (χ3v) is 3.69. The first kappa shape index (κ1) is 15.2. The van der Waals surface area contributed by atoms with Gasteiger partial charge < -0.3 is 20.7 Å². The first-order chi connectivity index (χ1) is 10.0. The summed E-state index contributed by atoms with van der Waals surface area (Å²) < 4.78 is 4.71. The lowest BCUT2D eigenvalue weighted by Gasteiger charge is -2.17. The molecule has 0 spiro atoms. The summed E-state index contributed by atoms with van der Waals surface area (Å²) in [4.78, 5) is 25.5. The summed E-state index contributed by atoms with van der Waals surface area (Å²) in [5.41, 5.74) is 8.06. The van der Waals surface area contributed by atoms with Gasteiger partial charge in [-0.15, -0.1) is 0 Å². The Kier molecular flexibility index (Phi) is 4.67. The Bertz CT molecular complexity index is 551. The van der Waals surface area contributed by atoms with E-state index in [0.29, 0.717) is 16.9 Å². The molecule has 1 aromatic carbocycles. The Morgan fingerprint density at radius 3 is 2.62 bits per heavy atom. The number of hydrogen-bond donors (Lipinski definition) is 2. The molecule has 1 heterocycles. The van der Waals surface area contributed by atoms with Crippen LogP contribution in [0.2, 0.25) is 0 Å². The van der Waals surface area contributed by atoms with Gasteiger partial charge in [-0.2, -0.15) is 0 Å². The van der Waals surface area contributed by atoms with Gasteiger partial charge in [0.2, 0.25) is 5.91 Å². The van der Waals surface area contributed by atoms with Gasteiger partial charge in [-0.1, -0.05) is 0 Å². The second kappa shape index (κ2) is 6.47. The lowest BCUT2D eigenvalue weighted by Crippen LogP contribution is -2.33. The van der Waals surface area contributed by atoms with E-state index in [-0.39, 0.29) is 12.5 Å². The molecule has 0 radical (unpaired) electrons. The SMILES string of the molecule is COC(=O)c1cc(NCC(=O)N2CCCC2)cc(C)c1N. The van der Waals surface area contributed by atoms with Crippen LogP contribution in [-0.4, -0.2) is 43.5 Å². The van der Waals surface area contributed by atoms with Crippen LogP contribution in [0.4, 0.5) is 11.4 Å². The number of benzene rings is 1. The number of carbonyl (C=O) groups excluding carboxylic acids is 2. The molecule has 3 N–H and O–H groups in total. The smallest absolute Gasteiger partial charge is 0.340 e. The van der Waals surface area contributed by atoms with E-state index >= 15 is 0 Å². The van der Waals surface area contributed by atoms with Gasteiger partial charge in [-0.25, -0.2) is 4.79 Å². The molecule has 21 heavy (non-hydrogen) atoms. The number of amides is 1. The molecular weight excluding hydrogens is 270 g/mol. The fourth-order valence-corrected chi connectivity index (χ4v) is 2.44. The maximum absolute atomic E-state index is 12.0. The van der Waals surface area contributed by atoms with Crippen molar-refractivity contribution in [2.75, 3.05) is 37.8 Å². The zero-order chi connectivity index (χ0) is 15.4. The maximum Gasteiger partial charge on any atom is 0.340 e. The fourth-order valence-electron chi connectivity index (χ4n) is 2.44. The standard InChI is InChI=1S/C15H21N3O3/c1-10-7-11(8-12(14(10)16)15(20)21-2)17-9-13(19)18-5-3-4-6-18/h7-8,17H,3-6,9,16H2,1-2H3. The van der Waals surface area contributed by atoms with Gasteiger partial charge in [0.25, 0.3) is 0 Å². The molecule has 0 aromatic heterocycles. The molecule has 1 aromatic rings. The lowest BCUT2D eigenvalue weighted by molar-refractivity contribution is -0.128. The molecule has 0 saturated carbocycles. The van der Waals surface area contributed by atoms with Crippen molar-refractivity contribution in [3.8, 4) is 0 Å². The molecule has 0 bridgehead atoms. The van der Waals surface area contributed by atoms with Crippen molar-refractivity contribution in [2.45, 2.75) is 19.8 Å². The molecule has 0 atom stereocenters. The predicted molar refractivity (Wildman–Crippen MR) is 81.2 cm³/mol. The second-order valence-corrected chi connectivity index (χ2v) is 5.19. The van der Waals surface area contributed by atoms with E-state index in [4.69, 9.17) is 10.5 Å². The van der Waals surface area contributed by atoms with Crippen LogP contribution < -0.4 is 11.1 Å². The summed E-state index contributed by atoms with van der Waals surface area (Å²) in [5.74, 6) is -0.410. The van der Waals surface area contributed by atoms with Crippen LogP contribution in [-0.2, 0) is 9.53 Å². The summed E-state index contributed by atoms with van der Waals surface area (Å²) in [5, 5.41) is 3.05. The Hall–Kier alpha value is -2.24. The fraction of sp³-hybridized carbons (Fsp3) is 0.467. The van der Waals surface area contributed by atoms with Gasteiger partial charge in [0.05, 0.1) is 19.2 Å². The highest BCUT2D eigenvalue weighted by Crippen LogP contribution is 2.23. The van der Waals surface area contributed by atoms with Gasteiger partial charge >= 0.3 is 5.97 Å². The number of nitrogens with zero attached hydrogens (tertiary/aromatic N) is 1.